The van der Waals surface area contributed by atoms with E-state index in [0.29, 0.717) is 27.8 Å². The average molecular weight is 390 g/mol. The fourth-order valence-electron chi connectivity index (χ4n) is 4.74. The zero-order valence-corrected chi connectivity index (χ0v) is 16.2. The summed E-state index contributed by atoms with van der Waals surface area (Å²) in [5, 5.41) is 2.35. The van der Waals surface area contributed by atoms with Crippen LogP contribution in [-0.2, 0) is 0 Å². The predicted molar refractivity (Wildman–Crippen MR) is 112 cm³/mol. The number of anilines is 1. The summed E-state index contributed by atoms with van der Waals surface area (Å²) >= 11 is 6.10. The molecule has 3 nitrogen and oxygen atoms in total. The van der Waals surface area contributed by atoms with Gasteiger partial charge in [-0.05, 0) is 60.0 Å². The number of carbonyl (C=O) groups excluding carboxylic acids is 2. The average Bonchev–Trinajstić information content (AvgIpc) is 2.72. The molecule has 2 aliphatic rings. The summed E-state index contributed by atoms with van der Waals surface area (Å²) in [6, 6.07) is 16.7. The Morgan fingerprint density at radius 3 is 2.29 bits per heavy atom. The van der Waals surface area contributed by atoms with Gasteiger partial charge in [0.05, 0.1) is 5.69 Å². The van der Waals surface area contributed by atoms with Crippen molar-refractivity contribution >= 4 is 39.9 Å². The quantitative estimate of drug-likeness (QED) is 0.479. The Morgan fingerprint density at radius 1 is 0.821 bits per heavy atom. The van der Waals surface area contributed by atoms with Gasteiger partial charge in [0.15, 0.2) is 0 Å². The molecule has 140 valence electrons. The molecule has 0 saturated heterocycles. The van der Waals surface area contributed by atoms with Crippen LogP contribution in [0.15, 0.2) is 54.6 Å². The highest BCUT2D eigenvalue weighted by molar-refractivity contribution is 6.36. The second kappa shape index (κ2) is 6.75. The Balaban J connectivity index is 1.69. The van der Waals surface area contributed by atoms with E-state index in [4.69, 9.17) is 11.6 Å². The van der Waals surface area contributed by atoms with Crippen LogP contribution < -0.4 is 4.90 Å². The first-order chi connectivity index (χ1) is 13.6. The van der Waals surface area contributed by atoms with Gasteiger partial charge >= 0.3 is 0 Å². The summed E-state index contributed by atoms with van der Waals surface area (Å²) in [5.74, 6) is -0.0634. The SMILES string of the molecule is O=C1c2cccc3c(C4CCCCC4)ccc(c23)C(=O)N1c1cccc(Cl)c1. The van der Waals surface area contributed by atoms with Crippen molar-refractivity contribution in [2.45, 2.75) is 38.0 Å². The highest BCUT2D eigenvalue weighted by Crippen LogP contribution is 2.40. The van der Waals surface area contributed by atoms with E-state index < -0.39 is 0 Å². The van der Waals surface area contributed by atoms with E-state index in [9.17, 15) is 9.59 Å². The van der Waals surface area contributed by atoms with Gasteiger partial charge in [-0.2, -0.15) is 0 Å². The van der Waals surface area contributed by atoms with E-state index >= 15 is 0 Å². The minimum Gasteiger partial charge on any atom is -0.268 e. The number of imide groups is 1. The number of amides is 2. The van der Waals surface area contributed by atoms with Gasteiger partial charge in [0.2, 0.25) is 0 Å². The molecule has 2 amide bonds. The molecule has 28 heavy (non-hydrogen) atoms. The van der Waals surface area contributed by atoms with Gasteiger partial charge in [-0.3, -0.25) is 9.59 Å². The second-order valence-corrected chi connectivity index (χ2v) is 8.13. The molecule has 5 rings (SSSR count). The number of nitrogens with zero attached hydrogens (tertiary/aromatic N) is 1. The predicted octanol–water partition coefficient (Wildman–Crippen LogP) is 6.34. The lowest BCUT2D eigenvalue weighted by atomic mass is 9.80. The van der Waals surface area contributed by atoms with E-state index in [2.05, 4.69) is 12.1 Å². The van der Waals surface area contributed by atoms with Gasteiger partial charge in [-0.25, -0.2) is 4.90 Å². The Kier molecular flexibility index (Phi) is 4.21. The zero-order valence-electron chi connectivity index (χ0n) is 15.5. The first kappa shape index (κ1) is 17.4. The molecule has 1 fully saturated rings. The first-order valence-electron chi connectivity index (χ1n) is 9.85. The molecule has 3 aromatic rings. The number of rotatable bonds is 2. The number of benzene rings is 3. The number of halogens is 1. The largest absolute Gasteiger partial charge is 0.268 e. The lowest BCUT2D eigenvalue weighted by Gasteiger charge is -2.29. The van der Waals surface area contributed by atoms with Crippen molar-refractivity contribution in [1.82, 2.24) is 0 Å². The molecule has 0 bridgehead atoms. The number of hydrogen-bond donors (Lipinski definition) is 0. The minimum atomic E-state index is -0.286. The third-order valence-electron chi connectivity index (χ3n) is 6.05. The molecular formula is C24H20ClNO2. The van der Waals surface area contributed by atoms with Gasteiger partial charge in [0.1, 0.15) is 0 Å². The van der Waals surface area contributed by atoms with Gasteiger partial charge in [-0.15, -0.1) is 0 Å². The van der Waals surface area contributed by atoms with E-state index in [0.717, 1.165) is 10.8 Å². The van der Waals surface area contributed by atoms with E-state index in [1.165, 1.54) is 42.6 Å². The van der Waals surface area contributed by atoms with Crippen molar-refractivity contribution in [1.29, 1.82) is 0 Å². The maximum atomic E-state index is 13.3. The molecule has 4 heteroatoms. The fourth-order valence-corrected chi connectivity index (χ4v) is 4.92. The number of carbonyl (C=O) groups is 2. The van der Waals surface area contributed by atoms with E-state index in [1.807, 2.05) is 18.2 Å². The van der Waals surface area contributed by atoms with Crippen LogP contribution in [0, 0.1) is 0 Å². The highest BCUT2D eigenvalue weighted by atomic mass is 35.5. The van der Waals surface area contributed by atoms with Crippen LogP contribution in [0.4, 0.5) is 5.69 Å². The smallest absolute Gasteiger partial charge is 0.265 e. The van der Waals surface area contributed by atoms with Crippen LogP contribution in [0.5, 0.6) is 0 Å². The maximum Gasteiger partial charge on any atom is 0.265 e. The van der Waals surface area contributed by atoms with Crippen LogP contribution in [0.2, 0.25) is 5.02 Å². The van der Waals surface area contributed by atoms with Gasteiger partial charge in [-0.1, -0.05) is 55.1 Å². The Bertz CT molecular complexity index is 1090. The van der Waals surface area contributed by atoms with Crippen LogP contribution in [0.3, 0.4) is 0 Å². The van der Waals surface area contributed by atoms with Crippen LogP contribution in [0.1, 0.15) is 64.3 Å². The lowest BCUT2D eigenvalue weighted by molar-refractivity contribution is 0.0893. The minimum absolute atomic E-state index is 0.286. The van der Waals surface area contributed by atoms with E-state index in [1.54, 1.807) is 24.3 Å². The topological polar surface area (TPSA) is 37.4 Å². The van der Waals surface area contributed by atoms with Gasteiger partial charge in [0.25, 0.3) is 11.8 Å². The molecule has 1 heterocycles. The van der Waals surface area contributed by atoms with Gasteiger partial charge < -0.3 is 0 Å². The zero-order chi connectivity index (χ0) is 19.3. The van der Waals surface area contributed by atoms with E-state index in [-0.39, 0.29) is 11.8 Å². The second-order valence-electron chi connectivity index (χ2n) is 7.69. The van der Waals surface area contributed by atoms with Crippen LogP contribution in [0.25, 0.3) is 10.8 Å². The summed E-state index contributed by atoms with van der Waals surface area (Å²) in [4.78, 5) is 27.8. The molecule has 0 spiro atoms. The fraction of sp³-hybridized carbons (Fsp3) is 0.250. The summed E-state index contributed by atoms with van der Waals surface area (Å²) in [6.07, 6.45) is 6.13. The van der Waals surface area contributed by atoms with Crippen molar-refractivity contribution < 1.29 is 9.59 Å². The summed E-state index contributed by atoms with van der Waals surface area (Å²) in [7, 11) is 0. The van der Waals surface area contributed by atoms with Gasteiger partial charge in [0, 0.05) is 21.5 Å². The van der Waals surface area contributed by atoms with Crippen molar-refractivity contribution in [3.63, 3.8) is 0 Å². The molecule has 0 radical (unpaired) electrons. The van der Waals surface area contributed by atoms with Crippen molar-refractivity contribution in [2.24, 2.45) is 0 Å². The molecule has 0 N–H and O–H groups in total. The lowest BCUT2D eigenvalue weighted by Crippen LogP contribution is -2.40. The molecule has 0 unspecified atom stereocenters. The standard InChI is InChI=1S/C24H20ClNO2/c25-16-8-4-9-17(14-16)26-23(27)20-11-5-10-19-18(15-6-2-1-3-7-15)12-13-21(22(19)20)24(26)28/h4-5,8-15H,1-3,6-7H2. The van der Waals surface area contributed by atoms with Crippen LogP contribution in [-0.4, -0.2) is 11.8 Å². The highest BCUT2D eigenvalue weighted by Gasteiger charge is 2.35. The van der Waals surface area contributed by atoms with Crippen molar-refractivity contribution in [3.05, 3.63) is 76.3 Å². The Labute approximate surface area is 168 Å². The molecule has 1 aliphatic heterocycles. The third kappa shape index (κ3) is 2.65. The third-order valence-corrected chi connectivity index (χ3v) is 6.29. The maximum absolute atomic E-state index is 13.3. The number of hydrogen-bond acceptors (Lipinski definition) is 2. The first-order valence-corrected chi connectivity index (χ1v) is 10.2. The molecular weight excluding hydrogens is 370 g/mol. The molecule has 3 aromatic carbocycles. The van der Waals surface area contributed by atoms with Crippen molar-refractivity contribution in [3.8, 4) is 0 Å². The Morgan fingerprint density at radius 2 is 1.54 bits per heavy atom. The summed E-state index contributed by atoms with van der Waals surface area (Å²) < 4.78 is 0. The monoisotopic (exact) mass is 389 g/mol. The molecule has 1 aliphatic carbocycles. The Hall–Kier alpha value is -2.65. The molecule has 1 saturated carbocycles. The molecule has 0 atom stereocenters. The summed E-state index contributed by atoms with van der Waals surface area (Å²) in [5.41, 5.74) is 2.95. The van der Waals surface area contributed by atoms with Crippen molar-refractivity contribution in [2.75, 3.05) is 4.90 Å². The normalized spacial score (nSPS) is 17.4. The summed E-state index contributed by atoms with van der Waals surface area (Å²) in [6.45, 7) is 0. The molecule has 0 aromatic heterocycles. The van der Waals surface area contributed by atoms with Crippen LogP contribution >= 0.6 is 11.6 Å².